The van der Waals surface area contributed by atoms with E-state index in [1.54, 1.807) is 6.07 Å². The SMILES string of the molecule is CCC(=O)NC(O/N=C(/N)c1ccccc1)(C(F)(F)F)C(F)(F)F. The van der Waals surface area contributed by atoms with Gasteiger partial charge in [-0.3, -0.25) is 4.79 Å². The monoisotopic (exact) mass is 357 g/mol. The smallest absolute Gasteiger partial charge is 0.380 e. The minimum atomic E-state index is -6.03. The van der Waals surface area contributed by atoms with Gasteiger partial charge in [0, 0.05) is 12.0 Å². The zero-order chi connectivity index (χ0) is 18.6. The second kappa shape index (κ2) is 6.97. The number of carbonyl (C=O) groups excluding carboxylic acids is 1. The van der Waals surface area contributed by atoms with Gasteiger partial charge in [0.2, 0.25) is 5.91 Å². The van der Waals surface area contributed by atoms with E-state index in [4.69, 9.17) is 5.73 Å². The molecule has 0 saturated heterocycles. The molecule has 0 heterocycles. The Balaban J connectivity index is 3.29. The van der Waals surface area contributed by atoms with Crippen LogP contribution in [0.15, 0.2) is 35.5 Å². The van der Waals surface area contributed by atoms with Crippen LogP contribution in [0.25, 0.3) is 0 Å². The lowest BCUT2D eigenvalue weighted by Crippen LogP contribution is -2.68. The number of nitrogens with two attached hydrogens (primary N) is 1. The number of benzene rings is 1. The van der Waals surface area contributed by atoms with Crippen molar-refractivity contribution in [3.05, 3.63) is 35.9 Å². The molecule has 0 aliphatic rings. The number of oxime groups is 1. The van der Waals surface area contributed by atoms with E-state index in [-0.39, 0.29) is 5.56 Å². The molecule has 134 valence electrons. The van der Waals surface area contributed by atoms with E-state index < -0.39 is 36.2 Å². The summed E-state index contributed by atoms with van der Waals surface area (Å²) in [6.45, 7) is 1.08. The molecular formula is C13H13F6N3O2. The molecule has 11 heteroatoms. The number of nitrogens with zero attached hydrogens (tertiary/aromatic N) is 1. The summed E-state index contributed by atoms with van der Waals surface area (Å²) in [5.41, 5.74) is 0.362. The van der Waals surface area contributed by atoms with Crippen molar-refractivity contribution >= 4 is 11.7 Å². The Hall–Kier alpha value is -2.46. The van der Waals surface area contributed by atoms with E-state index >= 15 is 0 Å². The molecule has 3 N–H and O–H groups in total. The van der Waals surface area contributed by atoms with Crippen LogP contribution < -0.4 is 11.1 Å². The van der Waals surface area contributed by atoms with Crippen LogP contribution in [0.2, 0.25) is 0 Å². The van der Waals surface area contributed by atoms with Crippen LogP contribution in [-0.2, 0) is 9.63 Å². The zero-order valence-electron chi connectivity index (χ0n) is 12.2. The third kappa shape index (κ3) is 4.09. The Morgan fingerprint density at radius 1 is 1.12 bits per heavy atom. The molecule has 0 aliphatic carbocycles. The minimum absolute atomic E-state index is 0.0394. The van der Waals surface area contributed by atoms with Gasteiger partial charge in [0.15, 0.2) is 5.84 Å². The highest BCUT2D eigenvalue weighted by molar-refractivity contribution is 5.96. The van der Waals surface area contributed by atoms with Crippen molar-refractivity contribution in [2.75, 3.05) is 0 Å². The van der Waals surface area contributed by atoms with Crippen molar-refractivity contribution < 1.29 is 36.0 Å². The molecule has 5 nitrogen and oxygen atoms in total. The highest BCUT2D eigenvalue weighted by atomic mass is 19.4. The summed E-state index contributed by atoms with van der Waals surface area (Å²) in [7, 11) is 0. The minimum Gasteiger partial charge on any atom is -0.380 e. The van der Waals surface area contributed by atoms with Crippen molar-refractivity contribution in [2.45, 2.75) is 31.4 Å². The molecule has 0 atom stereocenters. The quantitative estimate of drug-likeness (QED) is 0.280. The predicted octanol–water partition coefficient (Wildman–Crippen LogP) is 2.67. The summed E-state index contributed by atoms with van der Waals surface area (Å²) >= 11 is 0. The Kier molecular flexibility index (Phi) is 5.69. The van der Waals surface area contributed by atoms with Crippen LogP contribution in [-0.4, -0.2) is 29.8 Å². The number of amidine groups is 1. The highest BCUT2D eigenvalue weighted by Crippen LogP contribution is 2.44. The third-order valence-corrected chi connectivity index (χ3v) is 2.79. The molecule has 0 unspecified atom stereocenters. The van der Waals surface area contributed by atoms with E-state index in [1.165, 1.54) is 24.3 Å². The fraction of sp³-hybridized carbons (Fsp3) is 0.385. The van der Waals surface area contributed by atoms with Gasteiger partial charge in [0.1, 0.15) is 0 Å². The van der Waals surface area contributed by atoms with Crippen molar-refractivity contribution in [1.29, 1.82) is 0 Å². The number of rotatable bonds is 5. The van der Waals surface area contributed by atoms with E-state index in [0.29, 0.717) is 0 Å². The second-order valence-corrected chi connectivity index (χ2v) is 4.51. The van der Waals surface area contributed by atoms with Gasteiger partial charge < -0.3 is 15.9 Å². The van der Waals surface area contributed by atoms with Gasteiger partial charge in [-0.15, -0.1) is 0 Å². The van der Waals surface area contributed by atoms with Crippen LogP contribution in [0.4, 0.5) is 26.3 Å². The molecule has 0 radical (unpaired) electrons. The molecule has 1 rings (SSSR count). The van der Waals surface area contributed by atoms with Gasteiger partial charge in [0.25, 0.3) is 0 Å². The zero-order valence-corrected chi connectivity index (χ0v) is 12.2. The molecule has 0 saturated carbocycles. The summed E-state index contributed by atoms with van der Waals surface area (Å²) in [6, 6.07) is 7.04. The first-order valence-electron chi connectivity index (χ1n) is 6.46. The Morgan fingerprint density at radius 3 is 2.04 bits per heavy atom. The number of nitrogens with one attached hydrogen (secondary N) is 1. The van der Waals surface area contributed by atoms with Gasteiger partial charge in [0.05, 0.1) is 0 Å². The van der Waals surface area contributed by atoms with Crippen molar-refractivity contribution in [2.24, 2.45) is 10.9 Å². The first-order chi connectivity index (χ1) is 10.9. The maximum Gasteiger partial charge on any atom is 0.461 e. The average Bonchev–Trinajstić information content (AvgIpc) is 2.49. The second-order valence-electron chi connectivity index (χ2n) is 4.51. The highest BCUT2D eigenvalue weighted by Gasteiger charge is 2.76. The molecule has 1 aromatic carbocycles. The number of halogens is 6. The van der Waals surface area contributed by atoms with Gasteiger partial charge in [-0.1, -0.05) is 42.4 Å². The molecular weight excluding hydrogens is 344 g/mol. The lowest BCUT2D eigenvalue weighted by atomic mass is 10.2. The molecule has 0 bridgehead atoms. The predicted molar refractivity (Wildman–Crippen MR) is 71.5 cm³/mol. The normalized spacial score (nSPS) is 13.5. The lowest BCUT2D eigenvalue weighted by Gasteiger charge is -2.34. The Morgan fingerprint density at radius 2 is 1.62 bits per heavy atom. The summed E-state index contributed by atoms with van der Waals surface area (Å²) in [5, 5.41) is 3.52. The van der Waals surface area contributed by atoms with Crippen molar-refractivity contribution in [1.82, 2.24) is 5.32 Å². The van der Waals surface area contributed by atoms with E-state index in [9.17, 15) is 31.1 Å². The Labute approximate surface area is 132 Å². The maximum atomic E-state index is 13.1. The molecule has 0 aliphatic heterocycles. The van der Waals surface area contributed by atoms with E-state index in [2.05, 4.69) is 9.99 Å². The summed E-state index contributed by atoms with van der Waals surface area (Å²) in [4.78, 5) is 14.9. The topological polar surface area (TPSA) is 76.7 Å². The van der Waals surface area contributed by atoms with E-state index in [1.807, 2.05) is 0 Å². The number of carbonyl (C=O) groups is 1. The fourth-order valence-corrected chi connectivity index (χ4v) is 1.49. The van der Waals surface area contributed by atoms with Crippen LogP contribution >= 0.6 is 0 Å². The van der Waals surface area contributed by atoms with Crippen LogP contribution in [0.5, 0.6) is 0 Å². The first kappa shape index (κ1) is 19.6. The summed E-state index contributed by atoms with van der Waals surface area (Å²) in [5.74, 6) is -2.25. The van der Waals surface area contributed by atoms with Crippen molar-refractivity contribution in [3.8, 4) is 0 Å². The molecule has 0 aromatic heterocycles. The largest absolute Gasteiger partial charge is 0.461 e. The van der Waals surface area contributed by atoms with Crippen molar-refractivity contribution in [3.63, 3.8) is 0 Å². The number of hydrogen-bond donors (Lipinski definition) is 2. The number of amides is 1. The number of hydrogen-bond acceptors (Lipinski definition) is 3. The Bertz CT molecular complexity index is 584. The van der Waals surface area contributed by atoms with Gasteiger partial charge in [-0.2, -0.15) is 26.3 Å². The van der Waals surface area contributed by atoms with Crippen LogP contribution in [0, 0.1) is 0 Å². The van der Waals surface area contributed by atoms with Gasteiger partial charge in [-0.25, -0.2) is 0 Å². The average molecular weight is 357 g/mol. The van der Waals surface area contributed by atoms with Gasteiger partial charge >= 0.3 is 18.1 Å². The van der Waals surface area contributed by atoms with Crippen LogP contribution in [0.1, 0.15) is 18.9 Å². The summed E-state index contributed by atoms with van der Waals surface area (Å²) in [6.07, 6.45) is -12.7. The summed E-state index contributed by atoms with van der Waals surface area (Å²) < 4.78 is 78.3. The maximum absolute atomic E-state index is 13.1. The molecule has 1 amide bonds. The lowest BCUT2D eigenvalue weighted by molar-refractivity contribution is -0.389. The van der Waals surface area contributed by atoms with Crippen LogP contribution in [0.3, 0.4) is 0 Å². The number of alkyl halides is 6. The molecule has 24 heavy (non-hydrogen) atoms. The third-order valence-electron chi connectivity index (χ3n) is 2.79. The first-order valence-corrected chi connectivity index (χ1v) is 6.46. The standard InChI is InChI=1S/C13H13F6N3O2/c1-2-9(23)21-11(12(14,15)16,13(17,18)19)24-22-10(20)8-6-4-3-5-7-8/h3-7H,2H2,1H3,(H2,20,22)(H,21,23). The van der Waals surface area contributed by atoms with E-state index in [0.717, 1.165) is 12.2 Å². The molecule has 1 aromatic rings. The fourth-order valence-electron chi connectivity index (χ4n) is 1.49. The molecule has 0 spiro atoms. The van der Waals surface area contributed by atoms with Gasteiger partial charge in [-0.05, 0) is 0 Å². The molecule has 0 fully saturated rings.